The Labute approximate surface area is 144 Å². The number of ether oxygens (including phenoxy) is 1. The van der Waals surface area contributed by atoms with Gasteiger partial charge in [0.25, 0.3) is 0 Å². The molecule has 0 radical (unpaired) electrons. The van der Waals surface area contributed by atoms with Crippen LogP contribution in [-0.2, 0) is 4.74 Å². The Balaban J connectivity index is 1.70. The summed E-state index contributed by atoms with van der Waals surface area (Å²) in [7, 11) is 0. The van der Waals surface area contributed by atoms with Crippen LogP contribution in [0.3, 0.4) is 0 Å². The first-order valence-electron chi connectivity index (χ1n) is 8.30. The van der Waals surface area contributed by atoms with Crippen LogP contribution >= 0.6 is 0 Å². The van der Waals surface area contributed by atoms with Crippen LogP contribution in [-0.4, -0.2) is 27.0 Å². The molecule has 1 aliphatic rings. The van der Waals surface area contributed by atoms with E-state index in [1.807, 2.05) is 30.3 Å². The molecule has 1 fully saturated rings. The molecule has 23 heavy (non-hydrogen) atoms. The molecule has 0 aliphatic heterocycles. The molecule has 1 saturated carbocycles. The van der Waals surface area contributed by atoms with Crippen molar-refractivity contribution >= 4 is 25.4 Å². The molecule has 0 spiro atoms. The van der Waals surface area contributed by atoms with Crippen LogP contribution in [0, 0.1) is 0 Å². The van der Waals surface area contributed by atoms with E-state index in [4.69, 9.17) is 4.74 Å². The second-order valence-corrected chi connectivity index (χ2v) is 8.67. The molecule has 0 heterocycles. The molecule has 120 valence electrons. The van der Waals surface area contributed by atoms with Crippen LogP contribution in [0.4, 0.5) is 0 Å². The van der Waals surface area contributed by atoms with Gasteiger partial charge in [0.2, 0.25) is 0 Å². The summed E-state index contributed by atoms with van der Waals surface area (Å²) >= 11 is 0.354. The molecule has 0 N–H and O–H groups in total. The zero-order chi connectivity index (χ0) is 15.9. The van der Waals surface area contributed by atoms with Gasteiger partial charge in [-0.25, -0.2) is 0 Å². The average molecular weight is 373 g/mol. The fourth-order valence-corrected chi connectivity index (χ4v) is 5.67. The fraction of sp³-hybridized carbons (Fsp3) is 0.350. The van der Waals surface area contributed by atoms with Crippen molar-refractivity contribution in [2.75, 3.05) is 0 Å². The third-order valence-electron chi connectivity index (χ3n) is 4.19. The number of hydrogen-bond donors (Lipinski definition) is 0. The van der Waals surface area contributed by atoms with E-state index in [0.29, 0.717) is 25.3 Å². The quantitative estimate of drug-likeness (QED) is 0.460. The van der Waals surface area contributed by atoms with E-state index in [0.717, 1.165) is 12.8 Å². The van der Waals surface area contributed by atoms with E-state index in [9.17, 15) is 4.79 Å². The Bertz CT molecular complexity index is 612. The van der Waals surface area contributed by atoms with Gasteiger partial charge in [0.05, 0.1) is 0 Å². The van der Waals surface area contributed by atoms with Crippen LogP contribution in [0.2, 0.25) is 4.82 Å². The predicted molar refractivity (Wildman–Crippen MR) is 94.3 cm³/mol. The second kappa shape index (κ2) is 8.33. The topological polar surface area (TPSA) is 26.3 Å². The summed E-state index contributed by atoms with van der Waals surface area (Å²) in [4.78, 5) is 12.9. The molecular weight excluding hydrogens is 351 g/mol. The maximum absolute atomic E-state index is 12.4. The van der Waals surface area contributed by atoms with Crippen molar-refractivity contribution in [3.05, 3.63) is 66.2 Å². The number of carbonyl (C=O) groups excluding carboxylic acids is 1. The molecule has 0 aromatic heterocycles. The molecule has 0 amide bonds. The molecule has 0 bridgehead atoms. The first-order chi connectivity index (χ1) is 11.3. The first kappa shape index (κ1) is 16.3. The van der Waals surface area contributed by atoms with Crippen LogP contribution < -0.4 is 4.46 Å². The van der Waals surface area contributed by atoms with E-state index in [-0.39, 0.29) is 12.1 Å². The molecule has 2 aromatic carbocycles. The molecule has 1 aliphatic carbocycles. The summed E-state index contributed by atoms with van der Waals surface area (Å²) in [5.41, 5.74) is 0.655. The minimum absolute atomic E-state index is 0.0606. The molecule has 2 nitrogen and oxygen atoms in total. The van der Waals surface area contributed by atoms with Gasteiger partial charge in [0.1, 0.15) is 0 Å². The van der Waals surface area contributed by atoms with Gasteiger partial charge in [0, 0.05) is 0 Å². The Morgan fingerprint density at radius 2 is 1.52 bits per heavy atom. The van der Waals surface area contributed by atoms with Crippen molar-refractivity contribution < 1.29 is 9.53 Å². The molecule has 2 atom stereocenters. The summed E-state index contributed by atoms with van der Waals surface area (Å²) in [6.07, 6.45) is 5.89. The summed E-state index contributed by atoms with van der Waals surface area (Å²) < 4.78 is 7.31. The van der Waals surface area contributed by atoms with Crippen LogP contribution in [0.5, 0.6) is 0 Å². The van der Waals surface area contributed by atoms with Gasteiger partial charge in [-0.2, -0.15) is 0 Å². The van der Waals surface area contributed by atoms with Crippen molar-refractivity contribution in [1.29, 1.82) is 0 Å². The zero-order valence-electron chi connectivity index (χ0n) is 13.2. The first-order valence-corrected chi connectivity index (χ1v) is 10.2. The normalized spacial score (nSPS) is 21.4. The van der Waals surface area contributed by atoms with E-state index in [1.165, 1.54) is 23.7 Å². The van der Waals surface area contributed by atoms with E-state index in [1.54, 1.807) is 0 Å². The number of hydrogen-bond acceptors (Lipinski definition) is 2. The zero-order valence-corrected chi connectivity index (χ0v) is 14.9. The minimum atomic E-state index is -0.175. The molecule has 3 heteroatoms. The SMILES string of the molecule is O=C(O[C@@H]1CCCCC[C@H]1[Se]c1ccccc1)c1ccccc1. The van der Waals surface area contributed by atoms with Crippen molar-refractivity contribution in [3.8, 4) is 0 Å². The second-order valence-electron chi connectivity index (χ2n) is 5.92. The summed E-state index contributed by atoms with van der Waals surface area (Å²) in [6, 6.07) is 20.0. The van der Waals surface area contributed by atoms with Crippen molar-refractivity contribution in [2.45, 2.75) is 43.0 Å². The number of benzene rings is 2. The van der Waals surface area contributed by atoms with E-state index in [2.05, 4.69) is 30.3 Å². The molecule has 3 rings (SSSR count). The number of rotatable bonds is 4. The maximum atomic E-state index is 12.4. The Morgan fingerprint density at radius 1 is 0.870 bits per heavy atom. The van der Waals surface area contributed by atoms with E-state index >= 15 is 0 Å². The van der Waals surface area contributed by atoms with Gasteiger partial charge in [-0.3, -0.25) is 0 Å². The van der Waals surface area contributed by atoms with Gasteiger partial charge >= 0.3 is 144 Å². The third kappa shape index (κ3) is 4.70. The Morgan fingerprint density at radius 3 is 2.26 bits per heavy atom. The third-order valence-corrected chi connectivity index (χ3v) is 7.10. The Kier molecular flexibility index (Phi) is 5.90. The van der Waals surface area contributed by atoms with Gasteiger partial charge in [0.15, 0.2) is 0 Å². The van der Waals surface area contributed by atoms with Crippen LogP contribution in [0.1, 0.15) is 42.5 Å². The van der Waals surface area contributed by atoms with Crippen molar-refractivity contribution in [1.82, 2.24) is 0 Å². The summed E-state index contributed by atoms with van der Waals surface area (Å²) in [5, 5.41) is 0. The molecule has 0 unspecified atom stereocenters. The number of carbonyl (C=O) groups is 1. The van der Waals surface area contributed by atoms with Gasteiger partial charge in [-0.05, 0) is 0 Å². The monoisotopic (exact) mass is 374 g/mol. The van der Waals surface area contributed by atoms with Crippen LogP contribution in [0.15, 0.2) is 60.7 Å². The van der Waals surface area contributed by atoms with Crippen molar-refractivity contribution in [3.63, 3.8) is 0 Å². The summed E-state index contributed by atoms with van der Waals surface area (Å²) in [5.74, 6) is -0.175. The fourth-order valence-electron chi connectivity index (χ4n) is 2.96. The number of esters is 1. The Hall–Kier alpha value is -1.57. The van der Waals surface area contributed by atoms with Crippen LogP contribution in [0.25, 0.3) is 0 Å². The molecular formula is C20H22O2Se. The van der Waals surface area contributed by atoms with Gasteiger partial charge in [-0.15, -0.1) is 0 Å². The molecule has 2 aromatic rings. The molecule has 0 saturated heterocycles. The predicted octanol–water partition coefficient (Wildman–Crippen LogP) is 3.99. The van der Waals surface area contributed by atoms with Gasteiger partial charge < -0.3 is 0 Å². The average Bonchev–Trinajstić information content (AvgIpc) is 2.82. The van der Waals surface area contributed by atoms with Gasteiger partial charge in [-0.1, -0.05) is 0 Å². The van der Waals surface area contributed by atoms with Crippen molar-refractivity contribution in [2.24, 2.45) is 0 Å². The summed E-state index contributed by atoms with van der Waals surface area (Å²) in [6.45, 7) is 0. The van der Waals surface area contributed by atoms with E-state index < -0.39 is 0 Å². The standard InChI is InChI=1S/C20H22O2Se/c21-20(16-10-4-1-5-11-16)22-18-14-8-3-9-15-19(18)23-17-12-6-2-7-13-17/h1-2,4-7,10-13,18-19H,3,8-9,14-15H2/t18-,19-/m1/s1.